The molecule has 0 radical (unpaired) electrons. The Morgan fingerprint density at radius 1 is 0.875 bits per heavy atom. The molecule has 0 bridgehead atoms. The molecule has 0 spiro atoms. The van der Waals surface area contributed by atoms with Gasteiger partial charge in [-0.3, -0.25) is 0 Å². The second-order valence-corrected chi connectivity index (χ2v) is 14.1. The summed E-state index contributed by atoms with van der Waals surface area (Å²) in [6, 6.07) is 8.88. The fraction of sp³-hybridized carbons (Fsp3) is 0.500. The number of benzene rings is 1. The van der Waals surface area contributed by atoms with Crippen LogP contribution in [-0.2, 0) is 31.9 Å². The molecule has 0 aromatic heterocycles. The van der Waals surface area contributed by atoms with Crippen LogP contribution in [0.4, 0.5) is 0 Å². The summed E-state index contributed by atoms with van der Waals surface area (Å²) in [4.78, 5) is 23.2. The molecule has 1 aromatic carbocycles. The first-order valence-electron chi connectivity index (χ1n) is 10.6. The molecule has 32 heavy (non-hydrogen) atoms. The molecule has 4 nitrogen and oxygen atoms in total. The van der Waals surface area contributed by atoms with Gasteiger partial charge in [0.25, 0.3) is 0 Å². The van der Waals surface area contributed by atoms with Crippen molar-refractivity contribution in [3.05, 3.63) is 59.7 Å². The normalized spacial score (nSPS) is 24.8. The van der Waals surface area contributed by atoms with Gasteiger partial charge in [-0.05, 0) is 37.8 Å². The number of carbonyl (C=O) groups is 2. The molecule has 2 heterocycles. The third kappa shape index (κ3) is 8.12. The Balaban J connectivity index is 1.42. The molecule has 0 saturated carbocycles. The first-order valence-corrected chi connectivity index (χ1v) is 14.6. The quantitative estimate of drug-likeness (QED) is 0.308. The number of hydrogen-bond acceptors (Lipinski definition) is 8. The van der Waals surface area contributed by atoms with Crippen LogP contribution in [0.25, 0.3) is 0 Å². The zero-order valence-corrected chi connectivity index (χ0v) is 21.8. The lowest BCUT2D eigenvalue weighted by Gasteiger charge is -2.13. The van der Waals surface area contributed by atoms with Crippen molar-refractivity contribution < 1.29 is 19.1 Å². The Kier molecular flexibility index (Phi) is 10.0. The third-order valence-electron chi connectivity index (χ3n) is 4.92. The minimum atomic E-state index is -0.300. The zero-order valence-electron chi connectivity index (χ0n) is 18.5. The first kappa shape index (κ1) is 25.7. The van der Waals surface area contributed by atoms with Gasteiger partial charge in [0.05, 0.1) is 9.16 Å². The van der Waals surface area contributed by atoms with Crippen LogP contribution in [0.3, 0.4) is 0 Å². The van der Waals surface area contributed by atoms with E-state index in [4.69, 9.17) is 9.47 Å². The number of thioether (sulfide) groups is 4. The number of ether oxygens (including phenoxy) is 2. The van der Waals surface area contributed by atoms with Crippen LogP contribution >= 0.6 is 47.0 Å². The predicted molar refractivity (Wildman–Crippen MR) is 141 cm³/mol. The Hall–Kier alpha value is -0.960. The van der Waals surface area contributed by atoms with Gasteiger partial charge in [-0.25, -0.2) is 9.59 Å². The van der Waals surface area contributed by atoms with Gasteiger partial charge in [-0.15, -0.1) is 47.0 Å². The van der Waals surface area contributed by atoms with Crippen molar-refractivity contribution in [2.45, 2.75) is 46.4 Å². The molecular weight excluding hydrogens is 481 g/mol. The number of hydrogen-bond donors (Lipinski definition) is 0. The van der Waals surface area contributed by atoms with Gasteiger partial charge < -0.3 is 9.47 Å². The van der Waals surface area contributed by atoms with Gasteiger partial charge in [0.2, 0.25) is 0 Å². The standard InChI is InChI=1S/C24H30O4S4/c1-15(2)23(25)27-11-19-13-29-21(31-19)9-17-6-5-7-18(8-17)10-22-30-14-20(32-22)12-28-24(26)16(3)4/h5-8,19-22H,1,3,9-14H2,2,4H3. The molecule has 0 amide bonds. The van der Waals surface area contributed by atoms with Gasteiger partial charge in [-0.1, -0.05) is 37.4 Å². The largest absolute Gasteiger partial charge is 0.461 e. The van der Waals surface area contributed by atoms with Crippen LogP contribution in [0.15, 0.2) is 48.6 Å². The van der Waals surface area contributed by atoms with Crippen molar-refractivity contribution in [3.63, 3.8) is 0 Å². The number of esters is 2. The van der Waals surface area contributed by atoms with Crippen LogP contribution in [0.1, 0.15) is 25.0 Å². The van der Waals surface area contributed by atoms with Crippen LogP contribution in [-0.4, -0.2) is 56.3 Å². The highest BCUT2D eigenvalue weighted by molar-refractivity contribution is 8.20. The molecule has 0 N–H and O–H groups in total. The third-order valence-corrected chi connectivity index (χ3v) is 11.4. The first-order chi connectivity index (χ1) is 15.3. The van der Waals surface area contributed by atoms with Crippen molar-refractivity contribution in [2.24, 2.45) is 0 Å². The van der Waals surface area contributed by atoms with Crippen LogP contribution in [0.2, 0.25) is 0 Å². The van der Waals surface area contributed by atoms with Gasteiger partial charge in [-0.2, -0.15) is 0 Å². The summed E-state index contributed by atoms with van der Waals surface area (Å²) in [7, 11) is 0. The molecule has 4 unspecified atom stereocenters. The van der Waals surface area contributed by atoms with Crippen molar-refractivity contribution in [1.82, 2.24) is 0 Å². The molecule has 4 atom stereocenters. The van der Waals surface area contributed by atoms with Crippen molar-refractivity contribution in [1.29, 1.82) is 0 Å². The molecule has 2 aliphatic heterocycles. The van der Waals surface area contributed by atoms with E-state index in [0.717, 1.165) is 24.3 Å². The van der Waals surface area contributed by atoms with E-state index in [1.54, 1.807) is 13.8 Å². The molecular formula is C24H30O4S4. The van der Waals surface area contributed by atoms with E-state index in [-0.39, 0.29) is 11.9 Å². The summed E-state index contributed by atoms with van der Waals surface area (Å²) in [6.45, 7) is 11.5. The average Bonchev–Trinajstić information content (AvgIpc) is 3.39. The fourth-order valence-electron chi connectivity index (χ4n) is 3.26. The van der Waals surface area contributed by atoms with Crippen molar-refractivity contribution in [3.8, 4) is 0 Å². The molecule has 2 fully saturated rings. The highest BCUT2D eigenvalue weighted by Gasteiger charge is 2.29. The van der Waals surface area contributed by atoms with Gasteiger partial charge in [0.15, 0.2) is 0 Å². The smallest absolute Gasteiger partial charge is 0.333 e. The Morgan fingerprint density at radius 2 is 1.31 bits per heavy atom. The summed E-state index contributed by atoms with van der Waals surface area (Å²) >= 11 is 7.71. The average molecular weight is 511 g/mol. The molecule has 2 saturated heterocycles. The lowest BCUT2D eigenvalue weighted by molar-refractivity contribution is -0.139. The van der Waals surface area contributed by atoms with Gasteiger partial charge in [0, 0.05) is 33.2 Å². The maximum atomic E-state index is 11.6. The monoisotopic (exact) mass is 510 g/mol. The summed E-state index contributed by atoms with van der Waals surface area (Å²) in [6.07, 6.45) is 2.02. The minimum absolute atomic E-state index is 0.300. The summed E-state index contributed by atoms with van der Waals surface area (Å²) in [5.74, 6) is 1.41. The lowest BCUT2D eigenvalue weighted by atomic mass is 10.1. The summed E-state index contributed by atoms with van der Waals surface area (Å²) in [5.41, 5.74) is 3.61. The topological polar surface area (TPSA) is 52.6 Å². The van der Waals surface area contributed by atoms with Crippen LogP contribution in [0, 0.1) is 0 Å². The second kappa shape index (κ2) is 12.5. The van der Waals surface area contributed by atoms with E-state index in [1.165, 1.54) is 11.1 Å². The van der Waals surface area contributed by atoms with Crippen molar-refractivity contribution in [2.75, 3.05) is 24.7 Å². The van der Waals surface area contributed by atoms with E-state index >= 15 is 0 Å². The predicted octanol–water partition coefficient (Wildman–Crippen LogP) is 5.36. The van der Waals surface area contributed by atoms with Gasteiger partial charge in [0.1, 0.15) is 13.2 Å². The van der Waals surface area contributed by atoms with Gasteiger partial charge >= 0.3 is 11.9 Å². The molecule has 174 valence electrons. The van der Waals surface area contributed by atoms with Crippen molar-refractivity contribution >= 4 is 59.0 Å². The highest BCUT2D eigenvalue weighted by atomic mass is 32.2. The number of rotatable bonds is 10. The molecule has 3 rings (SSSR count). The Labute approximate surface area is 208 Å². The Morgan fingerprint density at radius 3 is 1.72 bits per heavy atom. The SMILES string of the molecule is C=C(C)C(=O)OCC1CSC(Cc2cccc(CC3SCC(COC(=O)C(=C)C)S3)c2)S1. The maximum Gasteiger partial charge on any atom is 0.333 e. The minimum Gasteiger partial charge on any atom is -0.461 e. The molecule has 1 aromatic rings. The Bertz CT molecular complexity index is 791. The molecule has 2 aliphatic rings. The summed E-state index contributed by atoms with van der Waals surface area (Å²) < 4.78 is 11.6. The van der Waals surface area contributed by atoms with E-state index < -0.39 is 0 Å². The van der Waals surface area contributed by atoms with E-state index in [0.29, 0.717) is 44.0 Å². The second-order valence-electron chi connectivity index (χ2n) is 8.03. The number of carbonyl (C=O) groups excluding carboxylic acids is 2. The fourth-order valence-corrected chi connectivity index (χ4v) is 9.80. The van der Waals surface area contributed by atoms with E-state index in [2.05, 4.69) is 37.4 Å². The van der Waals surface area contributed by atoms with E-state index in [1.807, 2.05) is 47.0 Å². The van der Waals surface area contributed by atoms with Crippen LogP contribution < -0.4 is 0 Å². The zero-order chi connectivity index (χ0) is 23.1. The molecule has 8 heteroatoms. The lowest BCUT2D eigenvalue weighted by Crippen LogP contribution is -2.16. The molecule has 0 aliphatic carbocycles. The summed E-state index contributed by atoms with van der Waals surface area (Å²) in [5, 5.41) is 0.692. The highest BCUT2D eigenvalue weighted by Crippen LogP contribution is 2.41. The van der Waals surface area contributed by atoms with Crippen LogP contribution in [0.5, 0.6) is 0 Å². The maximum absolute atomic E-state index is 11.6. The van der Waals surface area contributed by atoms with E-state index in [9.17, 15) is 9.59 Å².